The average molecular weight is 332 g/mol. The molecule has 2 aromatic heterocycles. The molecule has 0 aliphatic rings. The summed E-state index contributed by atoms with van der Waals surface area (Å²) >= 11 is 3.36. The number of anilines is 1. The maximum atomic E-state index is 9.35. The van der Waals surface area contributed by atoms with Gasteiger partial charge in [0.25, 0.3) is 0 Å². The monoisotopic (exact) mass is 332 g/mol. The highest BCUT2D eigenvalue weighted by molar-refractivity contribution is 7.15. The summed E-state index contributed by atoms with van der Waals surface area (Å²) in [5.41, 5.74) is 2.90. The third-order valence-electron chi connectivity index (χ3n) is 3.24. The van der Waals surface area contributed by atoms with Gasteiger partial charge in [0.15, 0.2) is 0 Å². The van der Waals surface area contributed by atoms with Gasteiger partial charge in [-0.15, -0.1) is 11.3 Å². The van der Waals surface area contributed by atoms with E-state index in [0.717, 1.165) is 16.3 Å². The predicted molar refractivity (Wildman–Crippen MR) is 91.7 cm³/mol. The van der Waals surface area contributed by atoms with Crippen LogP contribution in [0.4, 0.5) is 5.69 Å². The van der Waals surface area contributed by atoms with E-state index in [9.17, 15) is 5.11 Å². The first-order valence-electron chi connectivity index (χ1n) is 6.79. The fourth-order valence-corrected chi connectivity index (χ4v) is 3.67. The van der Waals surface area contributed by atoms with Crippen molar-refractivity contribution in [1.82, 2.24) is 4.98 Å². The summed E-state index contributed by atoms with van der Waals surface area (Å²) < 4.78 is 5.20. The molecule has 0 spiro atoms. The Bertz CT molecular complexity index is 738. The Labute approximate surface area is 137 Å². The summed E-state index contributed by atoms with van der Waals surface area (Å²) in [6.07, 6.45) is 1.90. The van der Waals surface area contributed by atoms with E-state index in [1.165, 1.54) is 10.4 Å². The summed E-state index contributed by atoms with van der Waals surface area (Å²) in [4.78, 5) is 5.63. The molecule has 2 N–H and O–H groups in total. The van der Waals surface area contributed by atoms with Crippen LogP contribution in [0.25, 0.3) is 10.6 Å². The van der Waals surface area contributed by atoms with Crippen LogP contribution in [0.2, 0.25) is 0 Å². The Morgan fingerprint density at radius 1 is 1.32 bits per heavy atom. The van der Waals surface area contributed by atoms with Gasteiger partial charge in [0.1, 0.15) is 10.8 Å². The highest BCUT2D eigenvalue weighted by atomic mass is 32.1. The molecule has 2 heterocycles. The lowest BCUT2D eigenvalue weighted by atomic mass is 10.2. The molecule has 4 nitrogen and oxygen atoms in total. The summed E-state index contributed by atoms with van der Waals surface area (Å²) in [7, 11) is 1.60. The number of rotatable bonds is 6. The number of nitrogens with one attached hydrogen (secondary N) is 1. The van der Waals surface area contributed by atoms with Gasteiger partial charge in [-0.25, -0.2) is 4.98 Å². The van der Waals surface area contributed by atoms with E-state index in [4.69, 9.17) is 4.74 Å². The summed E-state index contributed by atoms with van der Waals surface area (Å²) in [5.74, 6) is 0.700. The Kier molecular flexibility index (Phi) is 4.72. The molecule has 0 saturated heterocycles. The number of aromatic nitrogens is 1. The second-order valence-corrected chi connectivity index (χ2v) is 6.58. The quantitative estimate of drug-likeness (QED) is 0.717. The molecule has 0 bridgehead atoms. The second-order valence-electron chi connectivity index (χ2n) is 4.68. The van der Waals surface area contributed by atoms with Crippen LogP contribution in [0.3, 0.4) is 0 Å². The summed E-state index contributed by atoms with van der Waals surface area (Å²) in [6.45, 7) is 0.667. The smallest absolute Gasteiger partial charge is 0.124 e. The number of thiophene rings is 1. The molecule has 0 atom stereocenters. The zero-order valence-corrected chi connectivity index (χ0v) is 13.7. The first-order valence-corrected chi connectivity index (χ1v) is 8.55. The van der Waals surface area contributed by atoms with Crippen LogP contribution in [0.1, 0.15) is 10.4 Å². The molecular weight excluding hydrogens is 316 g/mol. The topological polar surface area (TPSA) is 54.4 Å². The lowest BCUT2D eigenvalue weighted by molar-refractivity contribution is 0.274. The largest absolute Gasteiger partial charge is 0.496 e. The van der Waals surface area contributed by atoms with Gasteiger partial charge in [0, 0.05) is 33.3 Å². The molecule has 3 rings (SSSR count). The molecule has 114 valence electrons. The fraction of sp³-hybridized carbons (Fsp3) is 0.188. The van der Waals surface area contributed by atoms with Crippen molar-refractivity contribution < 1.29 is 9.84 Å². The molecule has 6 heteroatoms. The van der Waals surface area contributed by atoms with Gasteiger partial charge in [0.05, 0.1) is 20.3 Å². The van der Waals surface area contributed by atoms with Crippen LogP contribution >= 0.6 is 22.7 Å². The number of methoxy groups -OCH3 is 1. The Morgan fingerprint density at radius 3 is 2.95 bits per heavy atom. The van der Waals surface area contributed by atoms with Crippen molar-refractivity contribution in [1.29, 1.82) is 0 Å². The van der Waals surface area contributed by atoms with Crippen molar-refractivity contribution in [2.75, 3.05) is 12.4 Å². The SMILES string of the molecule is COc1ccc(NCc2cnc(-c3ccsc3)s2)cc1CO. The predicted octanol–water partition coefficient (Wildman–Crippen LogP) is 3.98. The summed E-state index contributed by atoms with van der Waals surface area (Å²) in [6, 6.07) is 7.79. The Hall–Kier alpha value is -1.89. The first-order chi connectivity index (χ1) is 10.8. The van der Waals surface area contributed by atoms with Crippen LogP contribution in [-0.4, -0.2) is 17.2 Å². The number of hydrogen-bond donors (Lipinski definition) is 2. The van der Waals surface area contributed by atoms with Crippen molar-refractivity contribution in [2.24, 2.45) is 0 Å². The molecule has 3 aromatic rings. The highest BCUT2D eigenvalue weighted by Gasteiger charge is 2.06. The van der Waals surface area contributed by atoms with E-state index in [-0.39, 0.29) is 6.61 Å². The number of aliphatic hydroxyl groups excluding tert-OH is 1. The zero-order valence-electron chi connectivity index (χ0n) is 12.1. The normalized spacial score (nSPS) is 10.6. The van der Waals surface area contributed by atoms with Crippen molar-refractivity contribution in [2.45, 2.75) is 13.2 Å². The number of aliphatic hydroxyl groups is 1. The van der Waals surface area contributed by atoms with Crippen LogP contribution in [0, 0.1) is 0 Å². The molecule has 0 aliphatic carbocycles. The number of ether oxygens (including phenoxy) is 1. The molecule has 0 fully saturated rings. The van der Waals surface area contributed by atoms with Gasteiger partial charge >= 0.3 is 0 Å². The lowest BCUT2D eigenvalue weighted by Gasteiger charge is -2.10. The van der Waals surface area contributed by atoms with Crippen molar-refractivity contribution in [3.8, 4) is 16.3 Å². The minimum absolute atomic E-state index is 0.0401. The van der Waals surface area contributed by atoms with Crippen molar-refractivity contribution >= 4 is 28.4 Å². The molecule has 0 saturated carbocycles. The van der Waals surface area contributed by atoms with E-state index in [1.807, 2.05) is 24.4 Å². The number of thiazole rings is 1. The zero-order chi connectivity index (χ0) is 15.4. The van der Waals surface area contributed by atoms with E-state index in [1.54, 1.807) is 29.8 Å². The fourth-order valence-electron chi connectivity index (χ4n) is 2.11. The maximum Gasteiger partial charge on any atom is 0.124 e. The number of benzene rings is 1. The first kappa shape index (κ1) is 15.0. The molecule has 0 unspecified atom stereocenters. The maximum absolute atomic E-state index is 9.35. The minimum atomic E-state index is -0.0401. The van der Waals surface area contributed by atoms with E-state index < -0.39 is 0 Å². The summed E-state index contributed by atoms with van der Waals surface area (Å²) in [5, 5.41) is 17.9. The molecule has 0 radical (unpaired) electrons. The van der Waals surface area contributed by atoms with Crippen LogP contribution in [-0.2, 0) is 13.2 Å². The Morgan fingerprint density at radius 2 is 2.23 bits per heavy atom. The van der Waals surface area contributed by atoms with Gasteiger partial charge in [-0.2, -0.15) is 11.3 Å². The van der Waals surface area contributed by atoms with Crippen LogP contribution in [0.15, 0.2) is 41.2 Å². The highest BCUT2D eigenvalue weighted by Crippen LogP contribution is 2.28. The van der Waals surface area contributed by atoms with E-state index >= 15 is 0 Å². The molecule has 1 aromatic carbocycles. The van der Waals surface area contributed by atoms with Gasteiger partial charge in [-0.05, 0) is 29.6 Å². The standard InChI is InChI=1S/C16H16N2O2S2/c1-20-15-3-2-13(6-12(15)9-19)17-7-14-8-18-16(22-14)11-4-5-21-10-11/h2-6,8,10,17,19H,7,9H2,1H3. The molecular formula is C16H16N2O2S2. The van der Waals surface area contributed by atoms with Gasteiger partial charge < -0.3 is 15.2 Å². The third kappa shape index (κ3) is 3.30. The van der Waals surface area contributed by atoms with Crippen molar-refractivity contribution in [3.05, 3.63) is 51.7 Å². The lowest BCUT2D eigenvalue weighted by Crippen LogP contribution is -1.99. The second kappa shape index (κ2) is 6.91. The van der Waals surface area contributed by atoms with Gasteiger partial charge in [-0.3, -0.25) is 0 Å². The number of nitrogens with zero attached hydrogens (tertiary/aromatic N) is 1. The van der Waals surface area contributed by atoms with E-state index in [0.29, 0.717) is 12.3 Å². The molecule has 0 aliphatic heterocycles. The molecule has 0 amide bonds. The van der Waals surface area contributed by atoms with Gasteiger partial charge in [0.2, 0.25) is 0 Å². The molecule has 22 heavy (non-hydrogen) atoms. The third-order valence-corrected chi connectivity index (χ3v) is 4.97. The van der Waals surface area contributed by atoms with Crippen LogP contribution < -0.4 is 10.1 Å². The average Bonchev–Trinajstić information content (AvgIpc) is 3.23. The Balaban J connectivity index is 1.68. The van der Waals surface area contributed by atoms with Crippen molar-refractivity contribution in [3.63, 3.8) is 0 Å². The van der Waals surface area contributed by atoms with Gasteiger partial charge in [-0.1, -0.05) is 0 Å². The van der Waals surface area contributed by atoms with Crippen LogP contribution in [0.5, 0.6) is 5.75 Å². The van der Waals surface area contributed by atoms with E-state index in [2.05, 4.69) is 27.1 Å². The minimum Gasteiger partial charge on any atom is -0.496 e. The number of hydrogen-bond acceptors (Lipinski definition) is 6.